The Kier molecular flexibility index (Phi) is 7.48. The first-order chi connectivity index (χ1) is 15.0. The molecule has 0 spiro atoms. The number of methoxy groups -OCH3 is 1. The van der Waals surface area contributed by atoms with Crippen molar-refractivity contribution in [2.45, 2.75) is 26.1 Å². The van der Waals surface area contributed by atoms with Gasteiger partial charge in [0.25, 0.3) is 0 Å². The molecule has 2 aromatic carbocycles. The van der Waals surface area contributed by atoms with Crippen molar-refractivity contribution in [3.63, 3.8) is 0 Å². The molecule has 168 valence electrons. The van der Waals surface area contributed by atoms with E-state index in [4.69, 9.17) is 9.47 Å². The maximum Gasteiger partial charge on any atom is 0.363 e. The highest BCUT2D eigenvalue weighted by Gasteiger charge is 2.30. The Labute approximate surface area is 198 Å². The molecule has 0 bridgehead atoms. The van der Waals surface area contributed by atoms with Crippen LogP contribution in [0.25, 0.3) is 0 Å². The highest BCUT2D eigenvalue weighted by atomic mass is 79.9. The zero-order valence-corrected chi connectivity index (χ0v) is 19.9. The summed E-state index contributed by atoms with van der Waals surface area (Å²) in [5.74, 6) is 1.38. The normalized spacial score (nSPS) is 17.1. The van der Waals surface area contributed by atoms with Crippen LogP contribution in [0.4, 0.5) is 5.82 Å². The van der Waals surface area contributed by atoms with Gasteiger partial charge in [-0.25, -0.2) is 0 Å². The van der Waals surface area contributed by atoms with Crippen molar-refractivity contribution in [2.75, 3.05) is 20.7 Å². The zero-order chi connectivity index (χ0) is 21.8. The minimum atomic E-state index is -0.471. The molecule has 2 heterocycles. The van der Waals surface area contributed by atoms with E-state index in [1.807, 2.05) is 30.3 Å². The largest absolute Gasteiger partial charge is 0.493 e. The molecule has 32 heavy (non-hydrogen) atoms. The third-order valence-electron chi connectivity index (χ3n) is 5.76. The molecule has 0 radical (unpaired) electrons. The molecule has 1 aliphatic heterocycles. The summed E-state index contributed by atoms with van der Waals surface area (Å²) in [6.07, 6.45) is 2.54. The van der Waals surface area contributed by atoms with E-state index in [0.29, 0.717) is 6.61 Å². The van der Waals surface area contributed by atoms with Gasteiger partial charge < -0.3 is 24.1 Å². The molecule has 0 fully saturated rings. The summed E-state index contributed by atoms with van der Waals surface area (Å²) in [5.41, 5.74) is 4.62. The lowest BCUT2D eigenvalue weighted by atomic mass is 9.96. The van der Waals surface area contributed by atoms with Gasteiger partial charge in [-0.15, -0.1) is 17.0 Å². The summed E-state index contributed by atoms with van der Waals surface area (Å²) in [5, 5.41) is 10.8. The number of benzene rings is 2. The summed E-state index contributed by atoms with van der Waals surface area (Å²) >= 11 is 0. The van der Waals surface area contributed by atoms with E-state index in [1.165, 1.54) is 17.2 Å². The molecule has 0 N–H and O–H groups in total. The average molecular weight is 501 g/mol. The Morgan fingerprint density at radius 1 is 1.06 bits per heavy atom. The van der Waals surface area contributed by atoms with Crippen molar-refractivity contribution in [1.82, 2.24) is 4.98 Å². The van der Waals surface area contributed by atoms with Crippen LogP contribution < -0.4 is 9.47 Å². The lowest BCUT2D eigenvalue weighted by Gasteiger charge is -2.38. The molecule has 0 amide bonds. The van der Waals surface area contributed by atoms with Gasteiger partial charge in [0.15, 0.2) is 11.5 Å². The molecule has 4 rings (SSSR count). The van der Waals surface area contributed by atoms with E-state index in [0.717, 1.165) is 53.2 Å². The first kappa shape index (κ1) is 23.7. The standard InChI is InChI=1S/C24H26N3O4.BrH/c1-27(15-19-8-9-24(25-14-19)26(28)29)11-10-20-12-22(30-2)23(13-21(20)16-27)31-17-18-6-4-3-5-7-18;/h3-9,12-14H,10-11,15-17H2,1-2H3;1H/q+1;. The van der Waals surface area contributed by atoms with Gasteiger partial charge in [-0.05, 0) is 39.2 Å². The van der Waals surface area contributed by atoms with Gasteiger partial charge in [-0.3, -0.25) is 0 Å². The van der Waals surface area contributed by atoms with Gasteiger partial charge in [0.2, 0.25) is 0 Å². The monoisotopic (exact) mass is 500 g/mol. The van der Waals surface area contributed by atoms with Gasteiger partial charge in [-0.1, -0.05) is 30.3 Å². The predicted octanol–water partition coefficient (Wildman–Crippen LogP) is 4.86. The van der Waals surface area contributed by atoms with E-state index < -0.39 is 4.92 Å². The van der Waals surface area contributed by atoms with Crippen molar-refractivity contribution in [3.05, 3.63) is 93.2 Å². The Hall–Kier alpha value is -2.97. The fourth-order valence-electron chi connectivity index (χ4n) is 4.11. The number of aromatic nitrogens is 1. The molecule has 1 aliphatic rings. The van der Waals surface area contributed by atoms with Crippen LogP contribution in [-0.2, 0) is 26.1 Å². The molecule has 0 saturated heterocycles. The smallest absolute Gasteiger partial charge is 0.363 e. The van der Waals surface area contributed by atoms with Crippen molar-refractivity contribution >= 4 is 22.8 Å². The van der Waals surface area contributed by atoms with Crippen LogP contribution >= 0.6 is 17.0 Å². The van der Waals surface area contributed by atoms with E-state index >= 15 is 0 Å². The third kappa shape index (κ3) is 5.44. The van der Waals surface area contributed by atoms with Crippen molar-refractivity contribution in [2.24, 2.45) is 0 Å². The number of ether oxygens (including phenoxy) is 2. The van der Waals surface area contributed by atoms with E-state index in [2.05, 4.69) is 24.2 Å². The zero-order valence-electron chi connectivity index (χ0n) is 18.2. The quantitative estimate of drug-likeness (QED) is 0.263. The van der Waals surface area contributed by atoms with E-state index in [-0.39, 0.29) is 22.8 Å². The van der Waals surface area contributed by atoms with Crippen LogP contribution in [0.1, 0.15) is 22.3 Å². The number of rotatable bonds is 7. The highest BCUT2D eigenvalue weighted by molar-refractivity contribution is 8.93. The van der Waals surface area contributed by atoms with Crippen LogP contribution in [0.3, 0.4) is 0 Å². The SMILES string of the molecule is Br.COc1cc2c(cc1OCc1ccccc1)C[N+](C)(Cc1ccc([N+](=O)[O-])nc1)CC2. The molecule has 3 aromatic rings. The predicted molar refractivity (Wildman–Crippen MR) is 127 cm³/mol. The van der Waals surface area contributed by atoms with E-state index in [1.54, 1.807) is 19.4 Å². The van der Waals surface area contributed by atoms with Crippen LogP contribution in [0, 0.1) is 10.1 Å². The Morgan fingerprint density at radius 3 is 2.47 bits per heavy atom. The molecule has 0 aliphatic carbocycles. The highest BCUT2D eigenvalue weighted by Crippen LogP contribution is 2.36. The van der Waals surface area contributed by atoms with Gasteiger partial charge >= 0.3 is 5.82 Å². The summed E-state index contributed by atoms with van der Waals surface area (Å²) in [4.78, 5) is 14.3. The number of nitrogens with zero attached hydrogens (tertiary/aromatic N) is 3. The van der Waals surface area contributed by atoms with Gasteiger partial charge in [0.05, 0.1) is 26.3 Å². The number of fused-ring (bicyclic) bond motifs is 1. The Morgan fingerprint density at radius 2 is 1.81 bits per heavy atom. The number of hydrogen-bond acceptors (Lipinski definition) is 5. The van der Waals surface area contributed by atoms with Gasteiger partial charge in [-0.2, -0.15) is 0 Å². The van der Waals surface area contributed by atoms with Gasteiger partial charge in [0.1, 0.15) is 25.9 Å². The van der Waals surface area contributed by atoms with Crippen molar-refractivity contribution in [1.29, 1.82) is 0 Å². The Balaban J connectivity index is 0.00000289. The minimum Gasteiger partial charge on any atom is -0.493 e. The number of nitro groups is 1. The number of halogens is 1. The molecular formula is C24H27BrN3O4+. The second-order valence-corrected chi connectivity index (χ2v) is 8.24. The molecule has 1 atom stereocenters. The Bertz CT molecular complexity index is 1080. The van der Waals surface area contributed by atoms with Crippen LogP contribution in [0.2, 0.25) is 0 Å². The summed E-state index contributed by atoms with van der Waals surface area (Å²) < 4.78 is 12.5. The summed E-state index contributed by atoms with van der Waals surface area (Å²) in [7, 11) is 3.88. The van der Waals surface area contributed by atoms with Crippen LogP contribution in [0.5, 0.6) is 11.5 Å². The molecular weight excluding hydrogens is 474 g/mol. The maximum atomic E-state index is 10.8. The number of hydrogen-bond donors (Lipinski definition) is 0. The average Bonchev–Trinajstić information content (AvgIpc) is 2.78. The maximum absolute atomic E-state index is 10.8. The molecule has 8 heteroatoms. The second-order valence-electron chi connectivity index (χ2n) is 8.24. The molecule has 0 saturated carbocycles. The third-order valence-corrected chi connectivity index (χ3v) is 5.76. The van der Waals surface area contributed by atoms with E-state index in [9.17, 15) is 10.1 Å². The number of quaternary nitrogens is 1. The number of likely N-dealkylation sites (N-methyl/N-ethyl adjacent to an activating group) is 1. The first-order valence-electron chi connectivity index (χ1n) is 10.3. The van der Waals surface area contributed by atoms with Crippen LogP contribution in [0.15, 0.2) is 60.8 Å². The molecule has 1 aromatic heterocycles. The van der Waals surface area contributed by atoms with Crippen LogP contribution in [-0.4, -0.2) is 35.1 Å². The topological polar surface area (TPSA) is 74.5 Å². The summed E-state index contributed by atoms with van der Waals surface area (Å²) in [6.45, 7) is 3.06. The first-order valence-corrected chi connectivity index (χ1v) is 10.3. The fourth-order valence-corrected chi connectivity index (χ4v) is 4.11. The van der Waals surface area contributed by atoms with Crippen molar-refractivity contribution in [3.8, 4) is 11.5 Å². The summed E-state index contributed by atoms with van der Waals surface area (Å²) in [6, 6.07) is 17.5. The number of pyridine rings is 1. The molecule has 7 nitrogen and oxygen atoms in total. The molecule has 1 unspecified atom stereocenters. The van der Waals surface area contributed by atoms with Gasteiger partial charge in [0, 0.05) is 18.1 Å². The second kappa shape index (κ2) is 10.1. The fraction of sp³-hybridized carbons (Fsp3) is 0.292. The van der Waals surface area contributed by atoms with Crippen molar-refractivity contribution < 1.29 is 18.9 Å². The minimum absolute atomic E-state index is 0. The lowest BCUT2D eigenvalue weighted by molar-refractivity contribution is -0.937. The lowest BCUT2D eigenvalue weighted by Crippen LogP contribution is -2.46.